The molecule has 0 amide bonds. The van der Waals surface area contributed by atoms with Gasteiger partial charge in [-0.15, -0.1) is 0 Å². The van der Waals surface area contributed by atoms with Crippen LogP contribution in [0.5, 0.6) is 0 Å². The number of hydrogen-bond donors (Lipinski definition) is 2. The normalized spacial score (nSPS) is 11.2. The number of hydrogen-bond acceptors (Lipinski definition) is 4. The van der Waals surface area contributed by atoms with E-state index in [1.54, 1.807) is 0 Å². The Labute approximate surface area is 114 Å². The molecule has 1 aromatic heterocycles. The smallest absolute Gasteiger partial charge is 0.265 e. The third-order valence-corrected chi connectivity index (χ3v) is 3.88. The first kappa shape index (κ1) is 14.2. The van der Waals surface area contributed by atoms with Crippen LogP contribution in [-0.2, 0) is 10.0 Å². The Hall–Kier alpha value is -2.22. The van der Waals surface area contributed by atoms with Crippen molar-refractivity contribution >= 4 is 21.5 Å². The Morgan fingerprint density at radius 3 is 2.35 bits per heavy atom. The van der Waals surface area contributed by atoms with Gasteiger partial charge in [0, 0.05) is 13.2 Å². The van der Waals surface area contributed by atoms with Gasteiger partial charge in [-0.05, 0) is 24.3 Å². The lowest BCUT2D eigenvalue weighted by molar-refractivity contribution is 0.583. The van der Waals surface area contributed by atoms with Crippen molar-refractivity contribution in [2.24, 2.45) is 0 Å². The minimum atomic E-state index is -4.16. The van der Waals surface area contributed by atoms with E-state index in [4.69, 9.17) is 0 Å². The maximum absolute atomic E-state index is 13.5. The Kier molecular flexibility index (Phi) is 3.84. The number of para-hydroxylation sites is 1. The maximum Gasteiger partial charge on any atom is 0.265 e. The minimum Gasteiger partial charge on any atom is -0.372 e. The highest BCUT2D eigenvalue weighted by atomic mass is 32.2. The summed E-state index contributed by atoms with van der Waals surface area (Å²) < 4.78 is 53.2. The van der Waals surface area contributed by atoms with Gasteiger partial charge in [0.2, 0.25) is 0 Å². The third-order valence-electron chi connectivity index (χ3n) is 2.50. The fourth-order valence-electron chi connectivity index (χ4n) is 1.58. The van der Waals surface area contributed by atoms with Crippen LogP contribution in [0.25, 0.3) is 0 Å². The first-order valence-electron chi connectivity index (χ1n) is 5.55. The maximum atomic E-state index is 13.5. The summed E-state index contributed by atoms with van der Waals surface area (Å²) in [4.78, 5) is 3.63. The summed E-state index contributed by atoms with van der Waals surface area (Å²) in [6.45, 7) is 0. The number of nitrogens with zero attached hydrogens (tertiary/aromatic N) is 1. The SMILES string of the molecule is CNc1ncccc1S(=O)(=O)Nc1c(F)cccc1F. The van der Waals surface area contributed by atoms with Crippen molar-refractivity contribution in [3.05, 3.63) is 48.2 Å². The molecule has 0 spiro atoms. The molecule has 0 unspecified atom stereocenters. The van der Waals surface area contributed by atoms with Crippen LogP contribution in [0.15, 0.2) is 41.4 Å². The van der Waals surface area contributed by atoms with Gasteiger partial charge < -0.3 is 5.32 Å². The minimum absolute atomic E-state index is 0.0803. The van der Waals surface area contributed by atoms with Crippen molar-refractivity contribution in [2.45, 2.75) is 4.90 Å². The van der Waals surface area contributed by atoms with E-state index >= 15 is 0 Å². The zero-order valence-corrected chi connectivity index (χ0v) is 11.2. The zero-order valence-electron chi connectivity index (χ0n) is 10.4. The number of pyridine rings is 1. The lowest BCUT2D eigenvalue weighted by Crippen LogP contribution is -2.17. The number of rotatable bonds is 4. The Bertz CT molecular complexity index is 715. The molecule has 0 saturated carbocycles. The Morgan fingerprint density at radius 1 is 1.10 bits per heavy atom. The Balaban J connectivity index is 2.47. The number of aromatic nitrogens is 1. The molecule has 0 radical (unpaired) electrons. The highest BCUT2D eigenvalue weighted by Gasteiger charge is 2.22. The molecule has 106 valence electrons. The summed E-state index contributed by atoms with van der Waals surface area (Å²) in [5.41, 5.74) is -0.724. The monoisotopic (exact) mass is 299 g/mol. The van der Waals surface area contributed by atoms with Gasteiger partial charge in [0.1, 0.15) is 28.0 Å². The van der Waals surface area contributed by atoms with Crippen LogP contribution in [0.2, 0.25) is 0 Å². The first-order valence-corrected chi connectivity index (χ1v) is 7.03. The molecule has 0 aliphatic carbocycles. The molecule has 0 bridgehead atoms. The zero-order chi connectivity index (χ0) is 14.8. The molecule has 8 heteroatoms. The standard InChI is InChI=1S/C12H11F2N3O2S/c1-15-12-10(6-3-7-16-12)20(18,19)17-11-8(13)4-2-5-9(11)14/h2-7,17H,1H3,(H,15,16). The fourth-order valence-corrected chi connectivity index (χ4v) is 2.82. The Morgan fingerprint density at radius 2 is 1.75 bits per heavy atom. The molecular formula is C12H11F2N3O2S. The quantitative estimate of drug-likeness (QED) is 0.908. The van der Waals surface area contributed by atoms with E-state index in [2.05, 4.69) is 10.3 Å². The van der Waals surface area contributed by atoms with E-state index in [9.17, 15) is 17.2 Å². The molecule has 5 nitrogen and oxygen atoms in total. The third kappa shape index (κ3) is 2.69. The van der Waals surface area contributed by atoms with Gasteiger partial charge >= 0.3 is 0 Å². The molecule has 0 fully saturated rings. The molecule has 2 rings (SSSR count). The van der Waals surface area contributed by atoms with E-state index in [0.29, 0.717) is 0 Å². The molecule has 0 aliphatic heterocycles. The van der Waals surface area contributed by atoms with Gasteiger partial charge in [-0.25, -0.2) is 22.2 Å². The average Bonchev–Trinajstić information content (AvgIpc) is 2.43. The number of anilines is 2. The van der Waals surface area contributed by atoms with E-state index in [0.717, 1.165) is 18.2 Å². The van der Waals surface area contributed by atoms with Crippen molar-refractivity contribution in [2.75, 3.05) is 17.1 Å². The number of halogens is 2. The van der Waals surface area contributed by atoms with Crippen LogP contribution >= 0.6 is 0 Å². The van der Waals surface area contributed by atoms with Crippen molar-refractivity contribution in [1.82, 2.24) is 4.98 Å². The fraction of sp³-hybridized carbons (Fsp3) is 0.0833. The van der Waals surface area contributed by atoms with Crippen molar-refractivity contribution < 1.29 is 17.2 Å². The number of sulfonamides is 1. The molecule has 20 heavy (non-hydrogen) atoms. The molecule has 1 aromatic carbocycles. The predicted octanol–water partition coefficient (Wildman–Crippen LogP) is 2.20. The summed E-state index contributed by atoms with van der Waals surface area (Å²) in [6.07, 6.45) is 1.40. The second kappa shape index (κ2) is 5.41. The highest BCUT2D eigenvalue weighted by Crippen LogP contribution is 2.24. The lowest BCUT2D eigenvalue weighted by atomic mass is 10.3. The molecule has 0 aliphatic rings. The number of nitrogens with one attached hydrogen (secondary N) is 2. The predicted molar refractivity (Wildman–Crippen MR) is 71.0 cm³/mol. The van der Waals surface area contributed by atoms with E-state index in [1.807, 2.05) is 4.72 Å². The van der Waals surface area contributed by atoms with Gasteiger partial charge in [0.25, 0.3) is 10.0 Å². The molecule has 2 aromatic rings. The molecule has 2 N–H and O–H groups in total. The lowest BCUT2D eigenvalue weighted by Gasteiger charge is -2.12. The summed E-state index contributed by atoms with van der Waals surface area (Å²) in [5, 5.41) is 2.60. The highest BCUT2D eigenvalue weighted by molar-refractivity contribution is 7.92. The van der Waals surface area contributed by atoms with Gasteiger partial charge in [-0.2, -0.15) is 0 Å². The molecule has 0 atom stereocenters. The topological polar surface area (TPSA) is 71.1 Å². The summed E-state index contributed by atoms with van der Waals surface area (Å²) in [5.74, 6) is -1.91. The summed E-state index contributed by atoms with van der Waals surface area (Å²) >= 11 is 0. The van der Waals surface area contributed by atoms with Crippen molar-refractivity contribution in [3.63, 3.8) is 0 Å². The van der Waals surface area contributed by atoms with Crippen LogP contribution in [0.1, 0.15) is 0 Å². The summed E-state index contributed by atoms with van der Waals surface area (Å²) in [7, 11) is -2.66. The second-order valence-electron chi connectivity index (χ2n) is 3.80. The molecular weight excluding hydrogens is 288 g/mol. The van der Waals surface area contributed by atoms with Crippen molar-refractivity contribution in [3.8, 4) is 0 Å². The van der Waals surface area contributed by atoms with E-state index in [1.165, 1.54) is 25.4 Å². The molecule has 0 saturated heterocycles. The molecule has 1 heterocycles. The van der Waals surface area contributed by atoms with Gasteiger partial charge in [0.05, 0.1) is 0 Å². The van der Waals surface area contributed by atoms with Crippen molar-refractivity contribution in [1.29, 1.82) is 0 Å². The number of benzene rings is 1. The van der Waals surface area contributed by atoms with Crippen LogP contribution in [0.4, 0.5) is 20.3 Å². The summed E-state index contributed by atoms with van der Waals surface area (Å²) in [6, 6.07) is 5.75. The van der Waals surface area contributed by atoms with Crippen LogP contribution < -0.4 is 10.0 Å². The largest absolute Gasteiger partial charge is 0.372 e. The average molecular weight is 299 g/mol. The second-order valence-corrected chi connectivity index (χ2v) is 5.45. The van der Waals surface area contributed by atoms with Gasteiger partial charge in [-0.3, -0.25) is 4.72 Å². The van der Waals surface area contributed by atoms with Crippen LogP contribution in [0, 0.1) is 11.6 Å². The van der Waals surface area contributed by atoms with Gasteiger partial charge in [0.15, 0.2) is 0 Å². The van der Waals surface area contributed by atoms with E-state index < -0.39 is 27.3 Å². The van der Waals surface area contributed by atoms with E-state index in [-0.39, 0.29) is 10.7 Å². The van der Waals surface area contributed by atoms with Crippen LogP contribution in [-0.4, -0.2) is 20.4 Å². The first-order chi connectivity index (χ1) is 9.45. The van der Waals surface area contributed by atoms with Gasteiger partial charge in [-0.1, -0.05) is 6.07 Å². The van der Waals surface area contributed by atoms with Crippen LogP contribution in [0.3, 0.4) is 0 Å².